The largest absolute Gasteiger partial charge is 0.481 e. The van der Waals surface area contributed by atoms with Crippen LogP contribution in [-0.4, -0.2) is 61.6 Å². The number of ketones is 1. The Hall–Kier alpha value is -2.71. The second kappa shape index (κ2) is 8.75. The molecule has 0 aliphatic carbocycles. The van der Waals surface area contributed by atoms with Crippen LogP contribution in [0.4, 0.5) is 0 Å². The lowest BCUT2D eigenvalue weighted by Crippen LogP contribution is -2.53. The topological polar surface area (TPSA) is 84.0 Å². The standard InChI is InChI=1S/C21H24N2O5S/c1-16(24)18-7-6-8-19(15-18)28-17(2)21(25)22-11-13-23(14-12-22)29(26,27)20-9-4-3-5-10-20/h3-10,15,17H,11-14H2,1-2H3/t17-/m1/s1. The second-order valence-corrected chi connectivity index (χ2v) is 8.82. The Morgan fingerprint density at radius 3 is 2.24 bits per heavy atom. The Morgan fingerprint density at radius 2 is 1.62 bits per heavy atom. The summed E-state index contributed by atoms with van der Waals surface area (Å²) in [5, 5.41) is 0. The van der Waals surface area contributed by atoms with E-state index in [1.54, 1.807) is 66.4 Å². The normalized spacial score (nSPS) is 16.3. The average molecular weight is 416 g/mol. The van der Waals surface area contributed by atoms with Crippen molar-refractivity contribution in [2.24, 2.45) is 0 Å². The van der Waals surface area contributed by atoms with Gasteiger partial charge in [0.2, 0.25) is 10.0 Å². The van der Waals surface area contributed by atoms with Crippen LogP contribution in [-0.2, 0) is 14.8 Å². The van der Waals surface area contributed by atoms with Crippen molar-refractivity contribution in [3.63, 3.8) is 0 Å². The summed E-state index contributed by atoms with van der Waals surface area (Å²) < 4.78 is 32.5. The van der Waals surface area contributed by atoms with Crippen molar-refractivity contribution < 1.29 is 22.7 Å². The second-order valence-electron chi connectivity index (χ2n) is 6.89. The number of ether oxygens (including phenoxy) is 1. The van der Waals surface area contributed by atoms with E-state index in [0.29, 0.717) is 24.4 Å². The van der Waals surface area contributed by atoms with Gasteiger partial charge in [0.25, 0.3) is 5.91 Å². The molecule has 0 aromatic heterocycles. The number of nitrogens with zero attached hydrogens (tertiary/aromatic N) is 2. The van der Waals surface area contributed by atoms with Crippen molar-refractivity contribution in [3.05, 3.63) is 60.2 Å². The molecule has 1 atom stereocenters. The van der Waals surface area contributed by atoms with Crippen LogP contribution in [0.25, 0.3) is 0 Å². The number of hydrogen-bond donors (Lipinski definition) is 0. The third-order valence-electron chi connectivity index (χ3n) is 4.83. The summed E-state index contributed by atoms with van der Waals surface area (Å²) in [5.74, 6) is 0.156. The fourth-order valence-electron chi connectivity index (χ4n) is 3.19. The van der Waals surface area contributed by atoms with Gasteiger partial charge in [-0.05, 0) is 38.1 Å². The molecule has 1 amide bonds. The van der Waals surface area contributed by atoms with Crippen molar-refractivity contribution in [2.45, 2.75) is 24.8 Å². The lowest BCUT2D eigenvalue weighted by molar-refractivity contribution is -0.139. The summed E-state index contributed by atoms with van der Waals surface area (Å²) in [5.41, 5.74) is 0.516. The fourth-order valence-corrected chi connectivity index (χ4v) is 4.63. The first-order valence-electron chi connectivity index (χ1n) is 9.40. The number of amides is 1. The Balaban J connectivity index is 1.60. The van der Waals surface area contributed by atoms with Crippen LogP contribution in [0.5, 0.6) is 5.75 Å². The van der Waals surface area contributed by atoms with Gasteiger partial charge in [-0.3, -0.25) is 9.59 Å². The molecule has 0 unspecified atom stereocenters. The molecule has 0 saturated carbocycles. The number of benzene rings is 2. The predicted molar refractivity (Wildman–Crippen MR) is 108 cm³/mol. The third kappa shape index (κ3) is 4.83. The minimum Gasteiger partial charge on any atom is -0.481 e. The highest BCUT2D eigenvalue weighted by Gasteiger charge is 2.31. The molecule has 7 nitrogen and oxygen atoms in total. The monoisotopic (exact) mass is 416 g/mol. The number of rotatable bonds is 6. The smallest absolute Gasteiger partial charge is 0.263 e. The molecule has 1 aliphatic heterocycles. The third-order valence-corrected chi connectivity index (χ3v) is 6.75. The van der Waals surface area contributed by atoms with Crippen LogP contribution in [0.3, 0.4) is 0 Å². The molecule has 154 valence electrons. The van der Waals surface area contributed by atoms with E-state index in [2.05, 4.69) is 0 Å². The lowest BCUT2D eigenvalue weighted by atomic mass is 10.1. The van der Waals surface area contributed by atoms with Crippen LogP contribution in [0.2, 0.25) is 0 Å². The number of hydrogen-bond acceptors (Lipinski definition) is 5. The molecule has 2 aromatic carbocycles. The van der Waals surface area contributed by atoms with Crippen molar-refractivity contribution in [3.8, 4) is 5.75 Å². The molecule has 1 heterocycles. The number of sulfonamides is 1. The Kier molecular flexibility index (Phi) is 6.34. The highest BCUT2D eigenvalue weighted by molar-refractivity contribution is 7.89. The van der Waals surface area contributed by atoms with E-state index in [1.807, 2.05) is 0 Å². The summed E-state index contributed by atoms with van der Waals surface area (Å²) >= 11 is 0. The Labute approximate surface area is 170 Å². The number of carbonyl (C=O) groups excluding carboxylic acids is 2. The molecule has 1 saturated heterocycles. The molecule has 1 aliphatic rings. The van der Waals surface area contributed by atoms with Gasteiger partial charge < -0.3 is 9.64 Å². The lowest BCUT2D eigenvalue weighted by Gasteiger charge is -2.35. The van der Waals surface area contributed by atoms with Gasteiger partial charge in [-0.2, -0.15) is 4.31 Å². The van der Waals surface area contributed by atoms with Crippen molar-refractivity contribution in [1.82, 2.24) is 9.21 Å². The van der Waals surface area contributed by atoms with Gasteiger partial charge in [0.15, 0.2) is 11.9 Å². The molecule has 0 spiro atoms. The molecule has 0 bridgehead atoms. The zero-order valence-corrected chi connectivity index (χ0v) is 17.3. The quantitative estimate of drug-likeness (QED) is 0.674. The van der Waals surface area contributed by atoms with Crippen molar-refractivity contribution in [2.75, 3.05) is 26.2 Å². The Bertz CT molecular complexity index is 983. The minimum absolute atomic E-state index is 0.0785. The van der Waals surface area contributed by atoms with Gasteiger partial charge in [0, 0.05) is 31.7 Å². The SMILES string of the molecule is CC(=O)c1cccc(O[C@H](C)C(=O)N2CCN(S(=O)(=O)c3ccccc3)CC2)c1. The van der Waals surface area contributed by atoms with Crippen molar-refractivity contribution >= 4 is 21.7 Å². The summed E-state index contributed by atoms with van der Waals surface area (Å²) in [4.78, 5) is 26.1. The molecule has 0 N–H and O–H groups in total. The number of piperazine rings is 1. The van der Waals surface area contributed by atoms with Crippen LogP contribution >= 0.6 is 0 Å². The maximum absolute atomic E-state index is 12.7. The zero-order chi connectivity index (χ0) is 21.0. The van der Waals surface area contributed by atoms with E-state index in [-0.39, 0.29) is 29.7 Å². The van der Waals surface area contributed by atoms with Gasteiger partial charge in [-0.15, -0.1) is 0 Å². The summed E-state index contributed by atoms with van der Waals surface area (Å²) in [6.07, 6.45) is -0.741. The van der Waals surface area contributed by atoms with Crippen LogP contribution < -0.4 is 4.74 Å². The molecule has 8 heteroatoms. The summed E-state index contributed by atoms with van der Waals surface area (Å²) in [6.45, 7) is 4.18. The minimum atomic E-state index is -3.56. The number of Topliss-reactive ketones (excluding diaryl/α,β-unsaturated/α-hetero) is 1. The van der Waals surface area contributed by atoms with Gasteiger partial charge in [0.05, 0.1) is 4.90 Å². The molecule has 29 heavy (non-hydrogen) atoms. The highest BCUT2D eigenvalue weighted by Crippen LogP contribution is 2.19. The maximum Gasteiger partial charge on any atom is 0.263 e. The zero-order valence-electron chi connectivity index (χ0n) is 16.4. The van der Waals surface area contributed by atoms with E-state index in [9.17, 15) is 18.0 Å². The molecule has 0 radical (unpaired) electrons. The first kappa shape index (κ1) is 21.0. The van der Waals surface area contributed by atoms with E-state index in [4.69, 9.17) is 4.74 Å². The maximum atomic E-state index is 12.7. The van der Waals surface area contributed by atoms with Gasteiger partial charge in [0.1, 0.15) is 5.75 Å². The molecule has 1 fully saturated rings. The van der Waals surface area contributed by atoms with Crippen LogP contribution in [0.15, 0.2) is 59.5 Å². The van der Waals surface area contributed by atoms with Crippen LogP contribution in [0, 0.1) is 0 Å². The molecule has 3 rings (SSSR count). The Morgan fingerprint density at radius 1 is 0.966 bits per heavy atom. The van der Waals surface area contributed by atoms with E-state index < -0.39 is 16.1 Å². The van der Waals surface area contributed by atoms with E-state index in [1.165, 1.54) is 11.2 Å². The fraction of sp³-hybridized carbons (Fsp3) is 0.333. The van der Waals surface area contributed by atoms with E-state index >= 15 is 0 Å². The van der Waals surface area contributed by atoms with Gasteiger partial charge in [-0.25, -0.2) is 8.42 Å². The predicted octanol–water partition coefficient (Wildman–Crippen LogP) is 2.19. The first-order chi connectivity index (χ1) is 13.8. The highest BCUT2D eigenvalue weighted by atomic mass is 32.2. The summed E-state index contributed by atoms with van der Waals surface area (Å²) in [7, 11) is -3.56. The van der Waals surface area contributed by atoms with E-state index in [0.717, 1.165) is 0 Å². The molecular weight excluding hydrogens is 392 g/mol. The van der Waals surface area contributed by atoms with Crippen molar-refractivity contribution in [1.29, 1.82) is 0 Å². The van der Waals surface area contributed by atoms with Crippen LogP contribution in [0.1, 0.15) is 24.2 Å². The van der Waals surface area contributed by atoms with Gasteiger partial charge >= 0.3 is 0 Å². The number of carbonyl (C=O) groups is 2. The van der Waals surface area contributed by atoms with Gasteiger partial charge in [-0.1, -0.05) is 30.3 Å². The average Bonchev–Trinajstić information content (AvgIpc) is 2.74. The first-order valence-corrected chi connectivity index (χ1v) is 10.8. The molecular formula is C21H24N2O5S. The summed E-state index contributed by atoms with van der Waals surface area (Å²) in [6, 6.07) is 15.0. The molecule has 2 aromatic rings.